The number of ether oxygens (including phenoxy) is 2. The number of hydrogen-bond acceptors (Lipinski definition) is 7. The lowest BCUT2D eigenvalue weighted by Crippen LogP contribution is -2.37. The number of esters is 2. The third kappa shape index (κ3) is 53.9. The normalized spacial score (nSPS) is 13.3. The molecule has 0 heterocycles. The van der Waals surface area contributed by atoms with Crippen LogP contribution >= 0.6 is 7.82 Å². The summed E-state index contributed by atoms with van der Waals surface area (Å²) in [5.41, 5.74) is 0. The summed E-state index contributed by atoms with van der Waals surface area (Å²) in [5.74, 6) is -0.791. The second-order valence-electron chi connectivity index (χ2n) is 21.0. The van der Waals surface area contributed by atoms with Crippen LogP contribution in [0.3, 0.4) is 0 Å². The summed E-state index contributed by atoms with van der Waals surface area (Å²) in [7, 11) is 1.49. The zero-order valence-corrected chi connectivity index (χ0v) is 46.1. The van der Waals surface area contributed by atoms with Crippen LogP contribution in [0.4, 0.5) is 0 Å². The molecule has 2 atom stereocenters. The van der Waals surface area contributed by atoms with E-state index >= 15 is 0 Å². The summed E-state index contributed by atoms with van der Waals surface area (Å²) in [4.78, 5) is 35.6. The Hall–Kier alpha value is -1.25. The molecule has 0 bridgehead atoms. The Bertz CT molecular complexity index is 1140. The fourth-order valence-electron chi connectivity index (χ4n) is 8.54. The van der Waals surface area contributed by atoms with E-state index in [0.29, 0.717) is 23.9 Å². The largest absolute Gasteiger partial charge is 0.472 e. The number of nitrogens with zero attached hydrogens (tertiary/aromatic N) is 1. The van der Waals surface area contributed by atoms with Crippen molar-refractivity contribution in [2.45, 2.75) is 296 Å². The fourth-order valence-corrected chi connectivity index (χ4v) is 9.28. The first kappa shape index (κ1) is 65.8. The molecule has 398 valence electrons. The average Bonchev–Trinajstić information content (AvgIpc) is 3.29. The van der Waals surface area contributed by atoms with E-state index in [9.17, 15) is 19.0 Å². The third-order valence-electron chi connectivity index (χ3n) is 13.0. The quantitative estimate of drug-likeness (QED) is 0.0211. The van der Waals surface area contributed by atoms with Gasteiger partial charge in [0.15, 0.2) is 6.10 Å². The molecule has 0 aromatic carbocycles. The van der Waals surface area contributed by atoms with Gasteiger partial charge in [-0.2, -0.15) is 0 Å². The van der Waals surface area contributed by atoms with E-state index in [1.54, 1.807) is 0 Å². The van der Waals surface area contributed by atoms with Crippen molar-refractivity contribution in [3.8, 4) is 0 Å². The summed E-state index contributed by atoms with van der Waals surface area (Å²) in [5, 5.41) is 0. The summed E-state index contributed by atoms with van der Waals surface area (Å²) in [6.07, 6.45) is 57.2. The van der Waals surface area contributed by atoms with Crippen molar-refractivity contribution in [1.82, 2.24) is 0 Å². The van der Waals surface area contributed by atoms with E-state index in [-0.39, 0.29) is 25.6 Å². The number of rotatable bonds is 54. The van der Waals surface area contributed by atoms with Crippen molar-refractivity contribution in [2.24, 2.45) is 0 Å². The Kier molecular flexibility index (Phi) is 48.8. The van der Waals surface area contributed by atoms with Crippen LogP contribution < -0.4 is 0 Å². The van der Waals surface area contributed by atoms with Gasteiger partial charge in [0.2, 0.25) is 0 Å². The SMILES string of the molecule is CCCCCCCC/C=C\CCCCCCCC(=O)OC(COC(=O)CCCCCCCCCCCCCCCCCCCCCCCCCCCCCC)COP(=O)(O)OCC[N+](C)(C)C. The maximum Gasteiger partial charge on any atom is 0.472 e. The van der Waals surface area contributed by atoms with Gasteiger partial charge in [0.25, 0.3) is 0 Å². The van der Waals surface area contributed by atoms with E-state index in [2.05, 4.69) is 26.0 Å². The van der Waals surface area contributed by atoms with Crippen molar-refractivity contribution in [2.75, 3.05) is 47.5 Å². The number of hydrogen-bond donors (Lipinski definition) is 1. The number of phosphoric acid groups is 1. The van der Waals surface area contributed by atoms with Gasteiger partial charge in [-0.05, 0) is 38.5 Å². The van der Waals surface area contributed by atoms with E-state index < -0.39 is 26.5 Å². The number of unbranched alkanes of at least 4 members (excludes halogenated alkanes) is 38. The molecule has 0 fully saturated rings. The Morgan fingerprint density at radius 2 is 0.761 bits per heavy atom. The number of allylic oxidation sites excluding steroid dienone is 2. The third-order valence-corrected chi connectivity index (χ3v) is 14.0. The maximum absolute atomic E-state index is 12.8. The molecular formula is C57H113NO8P+. The molecule has 1 N–H and O–H groups in total. The van der Waals surface area contributed by atoms with Gasteiger partial charge in [0, 0.05) is 12.8 Å². The molecular weight excluding hydrogens is 858 g/mol. The highest BCUT2D eigenvalue weighted by atomic mass is 31.2. The van der Waals surface area contributed by atoms with E-state index in [0.717, 1.165) is 51.4 Å². The maximum atomic E-state index is 12.8. The van der Waals surface area contributed by atoms with Gasteiger partial charge in [-0.3, -0.25) is 18.6 Å². The van der Waals surface area contributed by atoms with Crippen LogP contribution in [0, 0.1) is 0 Å². The number of carbonyl (C=O) groups is 2. The van der Waals surface area contributed by atoms with Crippen LogP contribution in [0.25, 0.3) is 0 Å². The lowest BCUT2D eigenvalue weighted by atomic mass is 10.0. The monoisotopic (exact) mass is 971 g/mol. The van der Waals surface area contributed by atoms with Crippen LogP contribution in [0.15, 0.2) is 12.2 Å². The van der Waals surface area contributed by atoms with Gasteiger partial charge in [-0.1, -0.05) is 251 Å². The molecule has 0 aromatic rings. The molecule has 2 unspecified atom stereocenters. The molecule has 0 saturated heterocycles. The standard InChI is InChI=1S/C57H112NO8P/c1-6-8-10-12-14-16-18-20-22-23-24-25-26-27-28-29-30-31-32-33-34-36-37-39-41-43-45-47-49-56(59)63-53-55(54-65-67(61,62)64-52-51-58(3,4)5)66-57(60)50-48-46-44-42-40-38-35-21-19-17-15-13-11-9-7-2/h21,35,55H,6-20,22-34,36-54H2,1-5H3/p+1/b35-21-. The second-order valence-corrected chi connectivity index (χ2v) is 22.5. The fraction of sp³-hybridized carbons (Fsp3) is 0.930. The molecule has 0 saturated carbocycles. The highest BCUT2D eigenvalue weighted by Gasteiger charge is 2.27. The Morgan fingerprint density at radius 1 is 0.448 bits per heavy atom. The molecule has 67 heavy (non-hydrogen) atoms. The Morgan fingerprint density at radius 3 is 1.10 bits per heavy atom. The highest BCUT2D eigenvalue weighted by molar-refractivity contribution is 7.47. The van der Waals surface area contributed by atoms with Crippen LogP contribution in [0.1, 0.15) is 290 Å². The Balaban J connectivity index is 4.04. The van der Waals surface area contributed by atoms with Crippen molar-refractivity contribution in [3.63, 3.8) is 0 Å². The van der Waals surface area contributed by atoms with Crippen LogP contribution in [0.5, 0.6) is 0 Å². The van der Waals surface area contributed by atoms with E-state index in [4.69, 9.17) is 18.5 Å². The zero-order chi connectivity index (χ0) is 49.2. The number of phosphoric ester groups is 1. The first-order chi connectivity index (χ1) is 32.5. The molecule has 0 aliphatic rings. The zero-order valence-electron chi connectivity index (χ0n) is 45.2. The predicted molar refractivity (Wildman–Crippen MR) is 284 cm³/mol. The van der Waals surface area contributed by atoms with Crippen molar-refractivity contribution in [1.29, 1.82) is 0 Å². The molecule has 0 aliphatic carbocycles. The molecule has 0 aromatic heterocycles. The molecule has 0 spiro atoms. The lowest BCUT2D eigenvalue weighted by molar-refractivity contribution is -0.870. The van der Waals surface area contributed by atoms with Gasteiger partial charge < -0.3 is 18.9 Å². The predicted octanol–water partition coefficient (Wildman–Crippen LogP) is 17.7. The van der Waals surface area contributed by atoms with Crippen molar-refractivity contribution < 1.29 is 42.1 Å². The van der Waals surface area contributed by atoms with Crippen molar-refractivity contribution in [3.05, 3.63) is 12.2 Å². The smallest absolute Gasteiger partial charge is 0.462 e. The van der Waals surface area contributed by atoms with Gasteiger partial charge in [-0.25, -0.2) is 4.57 Å². The van der Waals surface area contributed by atoms with E-state index in [1.165, 1.54) is 205 Å². The Labute approximate surface area is 416 Å². The van der Waals surface area contributed by atoms with Gasteiger partial charge in [0.05, 0.1) is 27.7 Å². The minimum Gasteiger partial charge on any atom is -0.462 e. The topological polar surface area (TPSA) is 108 Å². The average molecular weight is 972 g/mol. The van der Waals surface area contributed by atoms with Gasteiger partial charge >= 0.3 is 19.8 Å². The second kappa shape index (κ2) is 49.7. The summed E-state index contributed by atoms with van der Waals surface area (Å²) in [6, 6.07) is 0. The minimum atomic E-state index is -4.38. The van der Waals surface area contributed by atoms with Crippen molar-refractivity contribution >= 4 is 19.8 Å². The molecule has 0 rings (SSSR count). The van der Waals surface area contributed by atoms with Gasteiger partial charge in [0.1, 0.15) is 19.8 Å². The molecule has 0 amide bonds. The molecule has 10 heteroatoms. The van der Waals surface area contributed by atoms with Crippen LogP contribution in [-0.4, -0.2) is 74.9 Å². The van der Waals surface area contributed by atoms with E-state index in [1.807, 2.05) is 21.1 Å². The molecule has 9 nitrogen and oxygen atoms in total. The number of carbonyl (C=O) groups excluding carboxylic acids is 2. The molecule has 0 radical (unpaired) electrons. The summed E-state index contributed by atoms with van der Waals surface area (Å²) < 4.78 is 34.5. The lowest BCUT2D eigenvalue weighted by Gasteiger charge is -2.24. The molecule has 0 aliphatic heterocycles. The first-order valence-corrected chi connectivity index (χ1v) is 30.4. The summed E-state index contributed by atoms with van der Waals surface area (Å²) >= 11 is 0. The first-order valence-electron chi connectivity index (χ1n) is 28.9. The van der Waals surface area contributed by atoms with Crippen LogP contribution in [0.2, 0.25) is 0 Å². The van der Waals surface area contributed by atoms with Gasteiger partial charge in [-0.15, -0.1) is 0 Å². The highest BCUT2D eigenvalue weighted by Crippen LogP contribution is 2.43. The number of quaternary nitrogens is 1. The minimum absolute atomic E-state index is 0.0336. The van der Waals surface area contributed by atoms with Crippen LogP contribution in [-0.2, 0) is 32.7 Å². The summed E-state index contributed by atoms with van der Waals surface area (Å²) in [6.45, 7) is 4.47. The number of likely N-dealkylation sites (N-methyl/N-ethyl adjacent to an activating group) is 1.